The Bertz CT molecular complexity index is 989. The van der Waals surface area contributed by atoms with Crippen LogP contribution in [0.3, 0.4) is 0 Å². The SMILES string of the molecule is COc1cc(NC(=O)CN2C(=O)N(c3ccc(C(F)(F)F)nc3)C[C@@H]2C(C)(C)C)ccn1. The molecule has 0 aromatic carbocycles. The second-order valence-electron chi connectivity index (χ2n) is 8.44. The molecule has 1 fully saturated rings. The van der Waals surface area contributed by atoms with Gasteiger partial charge in [-0.3, -0.25) is 9.69 Å². The number of rotatable bonds is 5. The van der Waals surface area contributed by atoms with Crippen molar-refractivity contribution >= 4 is 23.3 Å². The number of hydrogen-bond acceptors (Lipinski definition) is 5. The van der Waals surface area contributed by atoms with Crippen LogP contribution in [-0.2, 0) is 11.0 Å². The van der Waals surface area contributed by atoms with Crippen molar-refractivity contribution in [1.82, 2.24) is 14.9 Å². The summed E-state index contributed by atoms with van der Waals surface area (Å²) in [4.78, 5) is 36.0. The third-order valence-corrected chi connectivity index (χ3v) is 5.10. The van der Waals surface area contributed by atoms with E-state index in [1.165, 1.54) is 29.2 Å². The Morgan fingerprint density at radius 3 is 2.50 bits per heavy atom. The van der Waals surface area contributed by atoms with Gasteiger partial charge in [-0.05, 0) is 23.6 Å². The van der Waals surface area contributed by atoms with E-state index in [4.69, 9.17) is 4.74 Å². The van der Waals surface area contributed by atoms with Gasteiger partial charge in [0.1, 0.15) is 12.2 Å². The maximum absolute atomic E-state index is 13.1. The van der Waals surface area contributed by atoms with Gasteiger partial charge >= 0.3 is 12.2 Å². The van der Waals surface area contributed by atoms with E-state index in [9.17, 15) is 22.8 Å². The van der Waals surface area contributed by atoms with E-state index in [0.29, 0.717) is 11.6 Å². The summed E-state index contributed by atoms with van der Waals surface area (Å²) < 4.78 is 43.5. The number of alkyl halides is 3. The Morgan fingerprint density at radius 1 is 1.22 bits per heavy atom. The van der Waals surface area contributed by atoms with E-state index in [2.05, 4.69) is 15.3 Å². The number of carbonyl (C=O) groups is 2. The molecule has 3 amide bonds. The molecule has 172 valence electrons. The number of carbonyl (C=O) groups excluding carboxylic acids is 2. The summed E-state index contributed by atoms with van der Waals surface area (Å²) >= 11 is 0. The van der Waals surface area contributed by atoms with Crippen molar-refractivity contribution in [3.05, 3.63) is 42.4 Å². The number of hydrogen-bond donors (Lipinski definition) is 1. The number of urea groups is 1. The van der Waals surface area contributed by atoms with E-state index >= 15 is 0 Å². The minimum Gasteiger partial charge on any atom is -0.481 e. The number of ether oxygens (including phenoxy) is 1. The Hall–Kier alpha value is -3.37. The lowest BCUT2D eigenvalue weighted by Crippen LogP contribution is -2.46. The molecule has 0 aliphatic carbocycles. The molecular weight excluding hydrogens is 427 g/mol. The Labute approximate surface area is 183 Å². The van der Waals surface area contributed by atoms with Crippen molar-refractivity contribution in [1.29, 1.82) is 0 Å². The van der Waals surface area contributed by atoms with Crippen LogP contribution in [0.15, 0.2) is 36.7 Å². The van der Waals surface area contributed by atoms with E-state index in [-0.39, 0.29) is 30.2 Å². The second kappa shape index (κ2) is 8.64. The number of nitrogens with zero attached hydrogens (tertiary/aromatic N) is 4. The fourth-order valence-corrected chi connectivity index (χ4v) is 3.44. The Kier molecular flexibility index (Phi) is 6.29. The van der Waals surface area contributed by atoms with Crippen LogP contribution in [-0.4, -0.2) is 53.0 Å². The summed E-state index contributed by atoms with van der Waals surface area (Å²) in [5, 5.41) is 2.71. The summed E-state index contributed by atoms with van der Waals surface area (Å²) in [6, 6.07) is 4.35. The third kappa shape index (κ3) is 5.09. The number of halogens is 3. The third-order valence-electron chi connectivity index (χ3n) is 5.10. The van der Waals surface area contributed by atoms with Crippen LogP contribution in [0.1, 0.15) is 26.5 Å². The molecule has 1 aliphatic heterocycles. The number of methoxy groups -OCH3 is 1. The lowest BCUT2D eigenvalue weighted by atomic mass is 9.86. The van der Waals surface area contributed by atoms with Gasteiger partial charge in [0.05, 0.1) is 25.0 Å². The highest BCUT2D eigenvalue weighted by atomic mass is 19.4. The van der Waals surface area contributed by atoms with Gasteiger partial charge in [0.2, 0.25) is 11.8 Å². The summed E-state index contributed by atoms with van der Waals surface area (Å²) in [6.07, 6.45) is -2.07. The molecular formula is C21H24F3N5O3. The summed E-state index contributed by atoms with van der Waals surface area (Å²) in [6.45, 7) is 5.77. The normalized spacial score (nSPS) is 17.0. The van der Waals surface area contributed by atoms with E-state index in [0.717, 1.165) is 12.3 Å². The molecule has 0 bridgehead atoms. The minimum atomic E-state index is -4.57. The molecule has 0 spiro atoms. The van der Waals surface area contributed by atoms with Crippen molar-refractivity contribution in [3.8, 4) is 5.88 Å². The van der Waals surface area contributed by atoms with Gasteiger partial charge in [-0.2, -0.15) is 13.2 Å². The quantitative estimate of drug-likeness (QED) is 0.747. The lowest BCUT2D eigenvalue weighted by Gasteiger charge is -2.33. The molecule has 0 radical (unpaired) electrons. The fourth-order valence-electron chi connectivity index (χ4n) is 3.44. The van der Waals surface area contributed by atoms with Crippen LogP contribution in [0.5, 0.6) is 5.88 Å². The first-order valence-corrected chi connectivity index (χ1v) is 9.81. The van der Waals surface area contributed by atoms with Crippen LogP contribution >= 0.6 is 0 Å². The fraction of sp³-hybridized carbons (Fsp3) is 0.429. The molecule has 11 heteroatoms. The summed E-state index contributed by atoms with van der Waals surface area (Å²) in [5.41, 5.74) is -0.725. The largest absolute Gasteiger partial charge is 0.481 e. The Balaban J connectivity index is 1.79. The standard InChI is InChI=1S/C21H24F3N5O3/c1-20(2,3)16-11-28(14-5-6-15(26-10-14)21(22,23)24)19(31)29(16)12-17(30)27-13-7-8-25-18(9-13)32-4/h5-10,16H,11-12H2,1-4H3,(H,25,27,30)/t16-/m1/s1. The predicted molar refractivity (Wildman–Crippen MR) is 111 cm³/mol. The van der Waals surface area contributed by atoms with Gasteiger partial charge in [0, 0.05) is 24.5 Å². The predicted octanol–water partition coefficient (Wildman–Crippen LogP) is 3.80. The van der Waals surface area contributed by atoms with Crippen molar-refractivity contribution in [2.24, 2.45) is 5.41 Å². The molecule has 1 saturated heterocycles. The molecule has 1 N–H and O–H groups in total. The van der Waals surface area contributed by atoms with Gasteiger partial charge in [-0.1, -0.05) is 20.8 Å². The molecule has 8 nitrogen and oxygen atoms in total. The number of anilines is 2. The smallest absolute Gasteiger partial charge is 0.433 e. The van der Waals surface area contributed by atoms with E-state index in [1.54, 1.807) is 12.1 Å². The van der Waals surface area contributed by atoms with Crippen LogP contribution in [0.4, 0.5) is 29.3 Å². The number of amides is 3. The zero-order chi connectivity index (χ0) is 23.7. The van der Waals surface area contributed by atoms with Gasteiger partial charge in [-0.25, -0.2) is 14.8 Å². The van der Waals surface area contributed by atoms with Crippen molar-refractivity contribution in [3.63, 3.8) is 0 Å². The lowest BCUT2D eigenvalue weighted by molar-refractivity contribution is -0.141. The van der Waals surface area contributed by atoms with Gasteiger partial charge in [0.15, 0.2) is 0 Å². The maximum Gasteiger partial charge on any atom is 0.433 e. The first-order valence-electron chi connectivity index (χ1n) is 9.81. The molecule has 32 heavy (non-hydrogen) atoms. The molecule has 1 atom stereocenters. The van der Waals surface area contributed by atoms with Crippen LogP contribution in [0.25, 0.3) is 0 Å². The first kappa shape index (κ1) is 23.3. The Morgan fingerprint density at radius 2 is 1.94 bits per heavy atom. The van der Waals surface area contributed by atoms with Gasteiger partial charge < -0.3 is 15.0 Å². The van der Waals surface area contributed by atoms with E-state index in [1.807, 2.05) is 20.8 Å². The molecule has 1 aliphatic rings. The molecule has 2 aromatic rings. The monoisotopic (exact) mass is 451 g/mol. The molecule has 2 aromatic heterocycles. The average molecular weight is 451 g/mol. The molecule has 3 heterocycles. The first-order chi connectivity index (χ1) is 14.9. The van der Waals surface area contributed by atoms with Crippen LogP contribution in [0, 0.1) is 5.41 Å². The zero-order valence-corrected chi connectivity index (χ0v) is 18.1. The molecule has 3 rings (SSSR count). The summed E-state index contributed by atoms with van der Waals surface area (Å²) in [7, 11) is 1.45. The van der Waals surface area contributed by atoms with Crippen molar-refractivity contribution in [2.45, 2.75) is 33.0 Å². The highest BCUT2D eigenvalue weighted by Gasteiger charge is 2.44. The zero-order valence-electron chi connectivity index (χ0n) is 18.1. The van der Waals surface area contributed by atoms with Crippen molar-refractivity contribution in [2.75, 3.05) is 30.4 Å². The molecule has 0 saturated carbocycles. The number of aromatic nitrogens is 2. The number of pyridine rings is 2. The minimum absolute atomic E-state index is 0.214. The summed E-state index contributed by atoms with van der Waals surface area (Å²) in [5.74, 6) is -0.0955. The average Bonchev–Trinajstić information content (AvgIpc) is 3.04. The second-order valence-corrected chi connectivity index (χ2v) is 8.44. The van der Waals surface area contributed by atoms with E-state index < -0.39 is 23.8 Å². The van der Waals surface area contributed by atoms with Crippen LogP contribution < -0.4 is 15.0 Å². The van der Waals surface area contributed by atoms with Gasteiger partial charge in [0.25, 0.3) is 0 Å². The van der Waals surface area contributed by atoms with Crippen LogP contribution in [0.2, 0.25) is 0 Å². The highest BCUT2D eigenvalue weighted by Crippen LogP contribution is 2.34. The molecule has 0 unspecified atom stereocenters. The highest BCUT2D eigenvalue weighted by molar-refractivity contribution is 5.99. The maximum atomic E-state index is 13.1. The number of nitrogens with one attached hydrogen (secondary N) is 1. The topological polar surface area (TPSA) is 87.7 Å². The van der Waals surface area contributed by atoms with Crippen molar-refractivity contribution < 1.29 is 27.5 Å². The van der Waals surface area contributed by atoms with Gasteiger partial charge in [-0.15, -0.1) is 0 Å².